The molecule has 25 heavy (non-hydrogen) atoms. The van der Waals surface area contributed by atoms with Crippen LogP contribution in [0.25, 0.3) is 33.0 Å². The van der Waals surface area contributed by atoms with Gasteiger partial charge in [0.25, 0.3) is 0 Å². The summed E-state index contributed by atoms with van der Waals surface area (Å²) < 4.78 is 7.96. The molecular formula is C20H16N4O. The highest BCUT2D eigenvalue weighted by Crippen LogP contribution is 2.24. The molecule has 5 rings (SSSR count). The summed E-state index contributed by atoms with van der Waals surface area (Å²) in [7, 11) is 2.05. The Morgan fingerprint density at radius 3 is 2.76 bits per heavy atom. The van der Waals surface area contributed by atoms with Gasteiger partial charge in [-0.15, -0.1) is 0 Å². The molecule has 0 aliphatic rings. The van der Waals surface area contributed by atoms with Gasteiger partial charge in [0.2, 0.25) is 0 Å². The molecule has 5 aromatic rings. The van der Waals surface area contributed by atoms with Crippen molar-refractivity contribution in [1.29, 1.82) is 0 Å². The zero-order chi connectivity index (χ0) is 16.8. The van der Waals surface area contributed by atoms with E-state index in [4.69, 9.17) is 9.40 Å². The van der Waals surface area contributed by atoms with E-state index in [1.165, 1.54) is 0 Å². The summed E-state index contributed by atoms with van der Waals surface area (Å²) in [6, 6.07) is 16.0. The molecule has 5 heteroatoms. The summed E-state index contributed by atoms with van der Waals surface area (Å²) in [5, 5.41) is 1.09. The van der Waals surface area contributed by atoms with Crippen LogP contribution in [0.5, 0.6) is 0 Å². The standard InChI is InChI=1S/C20H16N4O/c1-24-16-9-8-14-13(5-4-12-21-14)20(16)23-18(24)10-11-19-22-15-6-2-3-7-17(15)25-19/h2-9,12H,10-11H2,1H3. The van der Waals surface area contributed by atoms with Crippen LogP contribution in [0.3, 0.4) is 0 Å². The third-order valence-corrected chi connectivity index (χ3v) is 4.63. The summed E-state index contributed by atoms with van der Waals surface area (Å²) in [5.41, 5.74) is 4.83. The Morgan fingerprint density at radius 2 is 1.84 bits per heavy atom. The summed E-state index contributed by atoms with van der Waals surface area (Å²) in [6.07, 6.45) is 3.31. The average Bonchev–Trinajstić information content (AvgIpc) is 3.21. The Bertz CT molecular complexity index is 1190. The first kappa shape index (κ1) is 14.2. The van der Waals surface area contributed by atoms with E-state index in [2.05, 4.69) is 33.7 Å². The number of benzene rings is 2. The van der Waals surface area contributed by atoms with Crippen LogP contribution in [-0.4, -0.2) is 19.5 Å². The Hall–Kier alpha value is -3.21. The molecule has 5 nitrogen and oxygen atoms in total. The Morgan fingerprint density at radius 1 is 0.920 bits per heavy atom. The molecular weight excluding hydrogens is 312 g/mol. The molecule has 0 fully saturated rings. The zero-order valence-corrected chi connectivity index (χ0v) is 13.8. The Labute approximate surface area is 144 Å². The molecule has 0 aliphatic heterocycles. The second kappa shape index (κ2) is 5.41. The molecule has 0 saturated heterocycles. The number of rotatable bonds is 3. The minimum absolute atomic E-state index is 0.724. The second-order valence-electron chi connectivity index (χ2n) is 6.17. The van der Waals surface area contributed by atoms with Crippen molar-refractivity contribution in [3.63, 3.8) is 0 Å². The Balaban J connectivity index is 1.52. The number of para-hydroxylation sites is 2. The predicted molar refractivity (Wildman–Crippen MR) is 97.4 cm³/mol. The van der Waals surface area contributed by atoms with Crippen molar-refractivity contribution in [3.05, 3.63) is 66.4 Å². The third-order valence-electron chi connectivity index (χ3n) is 4.63. The summed E-state index contributed by atoms with van der Waals surface area (Å²) in [6.45, 7) is 0. The zero-order valence-electron chi connectivity index (χ0n) is 13.8. The number of oxazole rings is 1. The first-order valence-corrected chi connectivity index (χ1v) is 8.33. The Kier molecular flexibility index (Phi) is 3.06. The molecule has 0 atom stereocenters. The van der Waals surface area contributed by atoms with Crippen LogP contribution < -0.4 is 0 Å². The van der Waals surface area contributed by atoms with Gasteiger partial charge in [-0.1, -0.05) is 12.1 Å². The molecule has 3 aromatic heterocycles. The van der Waals surface area contributed by atoms with Gasteiger partial charge in [-0.25, -0.2) is 9.97 Å². The van der Waals surface area contributed by atoms with Crippen LogP contribution in [0.1, 0.15) is 11.7 Å². The SMILES string of the molecule is Cn1c(CCc2nc3ccccc3o2)nc2c3cccnc3ccc21. The molecule has 0 N–H and O–H groups in total. The molecule has 0 saturated carbocycles. The lowest BCUT2D eigenvalue weighted by Gasteiger charge is -2.01. The summed E-state index contributed by atoms with van der Waals surface area (Å²) in [4.78, 5) is 13.8. The molecule has 3 heterocycles. The van der Waals surface area contributed by atoms with Crippen molar-refractivity contribution < 1.29 is 4.42 Å². The van der Waals surface area contributed by atoms with Gasteiger partial charge in [0.15, 0.2) is 11.5 Å². The lowest BCUT2D eigenvalue weighted by atomic mass is 10.2. The maximum atomic E-state index is 5.82. The van der Waals surface area contributed by atoms with Crippen molar-refractivity contribution in [1.82, 2.24) is 19.5 Å². The number of imidazole rings is 1. The van der Waals surface area contributed by atoms with E-state index in [1.807, 2.05) is 42.6 Å². The van der Waals surface area contributed by atoms with E-state index in [0.29, 0.717) is 0 Å². The molecule has 0 amide bonds. The smallest absolute Gasteiger partial charge is 0.195 e. The molecule has 0 unspecified atom stereocenters. The quantitative estimate of drug-likeness (QED) is 0.501. The third kappa shape index (κ3) is 2.28. The van der Waals surface area contributed by atoms with Crippen LogP contribution >= 0.6 is 0 Å². The number of hydrogen-bond donors (Lipinski definition) is 0. The number of aromatic nitrogens is 4. The topological polar surface area (TPSA) is 56.7 Å². The van der Waals surface area contributed by atoms with E-state index in [-0.39, 0.29) is 0 Å². The van der Waals surface area contributed by atoms with Crippen LogP contribution in [0, 0.1) is 0 Å². The number of aryl methyl sites for hydroxylation is 3. The van der Waals surface area contributed by atoms with E-state index >= 15 is 0 Å². The van der Waals surface area contributed by atoms with Crippen molar-refractivity contribution in [2.45, 2.75) is 12.8 Å². The fourth-order valence-electron chi connectivity index (χ4n) is 3.33. The highest BCUT2D eigenvalue weighted by Gasteiger charge is 2.12. The van der Waals surface area contributed by atoms with Crippen LogP contribution in [0.15, 0.2) is 59.1 Å². The highest BCUT2D eigenvalue weighted by molar-refractivity contribution is 6.02. The largest absolute Gasteiger partial charge is 0.441 e. The molecule has 0 bridgehead atoms. The van der Waals surface area contributed by atoms with Crippen molar-refractivity contribution in [2.75, 3.05) is 0 Å². The van der Waals surface area contributed by atoms with Gasteiger partial charge in [0.1, 0.15) is 11.3 Å². The fourth-order valence-corrected chi connectivity index (χ4v) is 3.33. The predicted octanol–water partition coefficient (Wildman–Crippen LogP) is 4.05. The normalized spacial score (nSPS) is 11.7. The van der Waals surface area contributed by atoms with Crippen LogP contribution in [0.4, 0.5) is 0 Å². The van der Waals surface area contributed by atoms with Gasteiger partial charge in [0, 0.05) is 31.5 Å². The summed E-state index contributed by atoms with van der Waals surface area (Å²) in [5.74, 6) is 1.77. The monoisotopic (exact) mass is 328 g/mol. The number of fused-ring (bicyclic) bond motifs is 4. The number of hydrogen-bond acceptors (Lipinski definition) is 4. The van der Waals surface area contributed by atoms with E-state index < -0.39 is 0 Å². The minimum atomic E-state index is 0.724. The van der Waals surface area contributed by atoms with Gasteiger partial charge in [0.05, 0.1) is 16.6 Å². The molecule has 0 radical (unpaired) electrons. The van der Waals surface area contributed by atoms with Gasteiger partial charge < -0.3 is 8.98 Å². The first-order chi connectivity index (χ1) is 12.3. The van der Waals surface area contributed by atoms with Gasteiger partial charge in [-0.05, 0) is 36.4 Å². The highest BCUT2D eigenvalue weighted by atomic mass is 16.3. The maximum absolute atomic E-state index is 5.82. The fraction of sp³-hybridized carbons (Fsp3) is 0.150. The van der Waals surface area contributed by atoms with Gasteiger partial charge in [-0.2, -0.15) is 0 Å². The lowest BCUT2D eigenvalue weighted by Crippen LogP contribution is -2.00. The lowest BCUT2D eigenvalue weighted by molar-refractivity contribution is 0.523. The average molecular weight is 328 g/mol. The van der Waals surface area contributed by atoms with Gasteiger partial charge in [-0.3, -0.25) is 4.98 Å². The van der Waals surface area contributed by atoms with E-state index in [9.17, 15) is 0 Å². The van der Waals surface area contributed by atoms with Crippen molar-refractivity contribution in [3.8, 4) is 0 Å². The van der Waals surface area contributed by atoms with Crippen LogP contribution in [-0.2, 0) is 19.9 Å². The number of pyridine rings is 1. The molecule has 2 aromatic carbocycles. The first-order valence-electron chi connectivity index (χ1n) is 8.33. The molecule has 122 valence electrons. The van der Waals surface area contributed by atoms with E-state index in [0.717, 1.165) is 57.6 Å². The second-order valence-corrected chi connectivity index (χ2v) is 6.17. The van der Waals surface area contributed by atoms with Crippen molar-refractivity contribution >= 4 is 33.0 Å². The van der Waals surface area contributed by atoms with E-state index in [1.54, 1.807) is 0 Å². The van der Waals surface area contributed by atoms with Gasteiger partial charge >= 0.3 is 0 Å². The maximum Gasteiger partial charge on any atom is 0.195 e. The molecule has 0 spiro atoms. The van der Waals surface area contributed by atoms with Crippen LogP contribution in [0.2, 0.25) is 0 Å². The minimum Gasteiger partial charge on any atom is -0.441 e. The number of nitrogens with zero attached hydrogens (tertiary/aromatic N) is 4. The molecule has 0 aliphatic carbocycles. The summed E-state index contributed by atoms with van der Waals surface area (Å²) >= 11 is 0. The van der Waals surface area contributed by atoms with Crippen molar-refractivity contribution in [2.24, 2.45) is 7.05 Å².